The quantitative estimate of drug-likeness (QED) is 0.429. The van der Waals surface area contributed by atoms with Crippen molar-refractivity contribution in [1.82, 2.24) is 24.5 Å². The van der Waals surface area contributed by atoms with E-state index in [0.717, 1.165) is 23.8 Å². The largest absolute Gasteiger partial charge is 0.417 e. The van der Waals surface area contributed by atoms with Gasteiger partial charge < -0.3 is 14.2 Å². The number of nitrogens with zero attached hydrogens (tertiary/aromatic N) is 6. The van der Waals surface area contributed by atoms with E-state index in [2.05, 4.69) is 29.5 Å². The van der Waals surface area contributed by atoms with Gasteiger partial charge in [0.25, 0.3) is 0 Å². The average molecular weight is 462 g/mol. The molecule has 33 heavy (non-hydrogen) atoms. The summed E-state index contributed by atoms with van der Waals surface area (Å²) in [6, 6.07) is 5.93. The number of imidazole rings is 1. The lowest BCUT2D eigenvalue weighted by Crippen LogP contribution is -2.36. The van der Waals surface area contributed by atoms with Crippen molar-refractivity contribution in [2.24, 2.45) is 0 Å². The van der Waals surface area contributed by atoms with Crippen LogP contribution in [-0.2, 0) is 10.9 Å². The molecule has 0 atom stereocenters. The van der Waals surface area contributed by atoms with E-state index in [9.17, 15) is 13.2 Å². The lowest BCUT2D eigenvalue weighted by atomic mass is 10.2. The Morgan fingerprint density at radius 2 is 1.73 bits per heavy atom. The zero-order valence-corrected chi connectivity index (χ0v) is 18.6. The van der Waals surface area contributed by atoms with Gasteiger partial charge in [-0.1, -0.05) is 19.0 Å². The maximum atomic E-state index is 13.0. The highest BCUT2D eigenvalue weighted by Gasteiger charge is 2.31. The molecule has 1 saturated heterocycles. The normalized spacial score (nSPS) is 13.7. The van der Waals surface area contributed by atoms with Gasteiger partial charge in [0, 0.05) is 31.5 Å². The second-order valence-corrected chi connectivity index (χ2v) is 6.75. The molecule has 4 aromatic rings. The van der Waals surface area contributed by atoms with Gasteiger partial charge in [-0.3, -0.25) is 4.40 Å². The maximum absolute atomic E-state index is 13.0. The van der Waals surface area contributed by atoms with Crippen LogP contribution in [0.1, 0.15) is 25.2 Å². The monoisotopic (exact) mass is 462 g/mol. The van der Waals surface area contributed by atoms with Gasteiger partial charge in [-0.25, -0.2) is 15.0 Å². The van der Waals surface area contributed by atoms with Gasteiger partial charge in [0.15, 0.2) is 5.82 Å². The highest BCUT2D eigenvalue weighted by atomic mass is 19.4. The average Bonchev–Trinajstić information content (AvgIpc) is 3.49. The van der Waals surface area contributed by atoms with Crippen LogP contribution in [0.2, 0.25) is 0 Å². The summed E-state index contributed by atoms with van der Waals surface area (Å²) >= 11 is 0. The van der Waals surface area contributed by atoms with Gasteiger partial charge in [0.05, 0.1) is 31.2 Å². The Kier molecular flexibility index (Phi) is 7.99. The van der Waals surface area contributed by atoms with Gasteiger partial charge >= 0.3 is 6.18 Å². The topological polar surface area (TPSA) is 81.6 Å². The van der Waals surface area contributed by atoms with E-state index in [0.29, 0.717) is 43.5 Å². The minimum atomic E-state index is -4.42. The summed E-state index contributed by atoms with van der Waals surface area (Å²) < 4.78 is 50.2. The predicted molar refractivity (Wildman–Crippen MR) is 117 cm³/mol. The summed E-state index contributed by atoms with van der Waals surface area (Å²) in [5.74, 6) is 1.90. The van der Waals surface area contributed by atoms with E-state index in [4.69, 9.17) is 4.74 Å². The van der Waals surface area contributed by atoms with Crippen LogP contribution in [0.3, 0.4) is 0 Å². The molecule has 4 aromatic heterocycles. The molecule has 0 aromatic carbocycles. The number of aromatic nitrogens is 5. The van der Waals surface area contributed by atoms with Crippen LogP contribution < -0.4 is 4.90 Å². The Labute approximate surface area is 189 Å². The van der Waals surface area contributed by atoms with Gasteiger partial charge in [-0.05, 0) is 25.1 Å². The molecule has 0 bridgehead atoms. The molecular formula is C22H25F3N6O2. The lowest BCUT2D eigenvalue weighted by Gasteiger charge is -2.27. The number of halogens is 3. The maximum Gasteiger partial charge on any atom is 0.417 e. The van der Waals surface area contributed by atoms with Gasteiger partial charge in [0.2, 0.25) is 0 Å². The molecule has 0 amide bonds. The second-order valence-electron chi connectivity index (χ2n) is 6.75. The first-order valence-corrected chi connectivity index (χ1v) is 10.5. The SMILES string of the molecule is CC.Cc1ccno1.FC(F)(F)c1ccc2ncc(-c3nccc(N4CCOCC4)n3)n2c1. The number of hydrogen-bond acceptors (Lipinski definition) is 7. The molecule has 1 aliphatic heterocycles. The smallest absolute Gasteiger partial charge is 0.378 e. The van der Waals surface area contributed by atoms with Crippen molar-refractivity contribution in [2.75, 3.05) is 31.2 Å². The fraction of sp³-hybridized carbons (Fsp3) is 0.364. The van der Waals surface area contributed by atoms with E-state index in [1.165, 1.54) is 16.7 Å². The van der Waals surface area contributed by atoms with Crippen molar-refractivity contribution in [3.63, 3.8) is 0 Å². The molecule has 0 saturated carbocycles. The summed E-state index contributed by atoms with van der Waals surface area (Å²) in [5, 5.41) is 3.45. The second kappa shape index (κ2) is 10.9. The van der Waals surface area contributed by atoms with Crippen LogP contribution in [0.5, 0.6) is 0 Å². The van der Waals surface area contributed by atoms with E-state index >= 15 is 0 Å². The van der Waals surface area contributed by atoms with Crippen LogP contribution in [0, 0.1) is 6.92 Å². The fourth-order valence-electron chi connectivity index (χ4n) is 3.03. The highest BCUT2D eigenvalue weighted by molar-refractivity contribution is 5.59. The number of anilines is 1. The standard InChI is InChI=1S/C16H14F3N5O.C4H5NO.C2H6/c17-16(18,19)11-1-2-13-21-9-12(24(13)10-11)15-20-4-3-14(22-15)23-5-7-25-8-6-23;1-4-2-3-5-6-4;1-2/h1-4,9-10H,5-8H2;2-3H,1H3;1-2H3. The van der Waals surface area contributed by atoms with Gasteiger partial charge in [-0.15, -0.1) is 0 Å². The minimum Gasteiger partial charge on any atom is -0.378 e. The molecule has 0 N–H and O–H groups in total. The molecule has 176 valence electrons. The Balaban J connectivity index is 0.000000329. The number of hydrogen-bond donors (Lipinski definition) is 0. The van der Waals surface area contributed by atoms with Crippen LogP contribution in [0.15, 0.2) is 53.6 Å². The molecule has 0 aliphatic carbocycles. The van der Waals surface area contributed by atoms with Crippen molar-refractivity contribution in [1.29, 1.82) is 0 Å². The van der Waals surface area contributed by atoms with Crippen molar-refractivity contribution in [2.45, 2.75) is 26.9 Å². The first-order chi connectivity index (χ1) is 15.9. The highest BCUT2D eigenvalue weighted by Crippen LogP contribution is 2.30. The molecule has 0 unspecified atom stereocenters. The zero-order chi connectivity index (χ0) is 23.8. The van der Waals surface area contributed by atoms with Crippen molar-refractivity contribution in [3.05, 3.63) is 60.4 Å². The van der Waals surface area contributed by atoms with Gasteiger partial charge in [0.1, 0.15) is 22.9 Å². The summed E-state index contributed by atoms with van der Waals surface area (Å²) in [7, 11) is 0. The van der Waals surface area contributed by atoms with E-state index in [1.807, 2.05) is 20.8 Å². The molecule has 5 heterocycles. The number of pyridine rings is 1. The number of rotatable bonds is 2. The van der Waals surface area contributed by atoms with E-state index in [-0.39, 0.29) is 0 Å². The lowest BCUT2D eigenvalue weighted by molar-refractivity contribution is -0.137. The summed E-state index contributed by atoms with van der Waals surface area (Å²) in [5.41, 5.74) is 0.0724. The van der Waals surface area contributed by atoms with Crippen LogP contribution in [0.25, 0.3) is 17.2 Å². The number of morpholine rings is 1. The van der Waals surface area contributed by atoms with Crippen LogP contribution in [0.4, 0.5) is 19.0 Å². The molecule has 0 spiro atoms. The third-order valence-electron chi connectivity index (χ3n) is 4.60. The summed E-state index contributed by atoms with van der Waals surface area (Å²) in [6.45, 7) is 8.50. The van der Waals surface area contributed by atoms with Crippen molar-refractivity contribution < 1.29 is 22.4 Å². The first kappa shape index (κ1) is 24.2. The van der Waals surface area contributed by atoms with Crippen molar-refractivity contribution >= 4 is 11.5 Å². The predicted octanol–water partition coefficient (Wildman–Crippen LogP) is 4.66. The Morgan fingerprint density at radius 3 is 2.33 bits per heavy atom. The number of ether oxygens (including phenoxy) is 1. The summed E-state index contributed by atoms with van der Waals surface area (Å²) in [4.78, 5) is 14.9. The van der Waals surface area contributed by atoms with E-state index < -0.39 is 11.7 Å². The number of alkyl halides is 3. The van der Waals surface area contributed by atoms with Gasteiger partial charge in [-0.2, -0.15) is 13.2 Å². The summed E-state index contributed by atoms with van der Waals surface area (Å²) in [6.07, 6.45) is 1.29. The molecule has 8 nitrogen and oxygen atoms in total. The Bertz CT molecular complexity index is 1140. The molecule has 5 rings (SSSR count). The molecular weight excluding hydrogens is 437 g/mol. The Morgan fingerprint density at radius 1 is 0.970 bits per heavy atom. The van der Waals surface area contributed by atoms with Crippen LogP contribution >= 0.6 is 0 Å². The molecule has 11 heteroatoms. The molecule has 0 radical (unpaired) electrons. The first-order valence-electron chi connectivity index (χ1n) is 10.5. The third-order valence-corrected chi connectivity index (χ3v) is 4.60. The number of fused-ring (bicyclic) bond motifs is 1. The van der Waals surface area contributed by atoms with E-state index in [1.54, 1.807) is 24.5 Å². The fourth-order valence-corrected chi connectivity index (χ4v) is 3.03. The third kappa shape index (κ3) is 6.07. The van der Waals surface area contributed by atoms with Crippen molar-refractivity contribution in [3.8, 4) is 11.5 Å². The number of aryl methyl sites for hydroxylation is 1. The molecule has 1 aliphatic rings. The zero-order valence-electron chi connectivity index (χ0n) is 18.6. The Hall–Kier alpha value is -3.47. The minimum absolute atomic E-state index is 0.329. The molecule has 1 fully saturated rings. The van der Waals surface area contributed by atoms with Crippen LogP contribution in [-0.4, -0.2) is 50.8 Å².